The zero-order valence-electron chi connectivity index (χ0n) is 11.1. The van der Waals surface area contributed by atoms with Gasteiger partial charge in [0, 0.05) is 13.2 Å². The number of rotatable bonds is 13. The van der Waals surface area contributed by atoms with Crippen LogP contribution in [0.1, 0.15) is 26.2 Å². The van der Waals surface area contributed by atoms with Crippen molar-refractivity contribution in [2.24, 2.45) is 5.73 Å². The van der Waals surface area contributed by atoms with Crippen LogP contribution in [-0.2, 0) is 19.0 Å². The molecule has 0 aliphatic heterocycles. The van der Waals surface area contributed by atoms with Gasteiger partial charge in [-0.1, -0.05) is 13.3 Å². The lowest BCUT2D eigenvalue weighted by Gasteiger charge is -2.08. The minimum absolute atomic E-state index is 0.315. The van der Waals surface area contributed by atoms with Crippen LogP contribution in [0.2, 0.25) is 0 Å². The molecule has 0 spiro atoms. The van der Waals surface area contributed by atoms with Crippen molar-refractivity contribution in [1.29, 1.82) is 0 Å². The third-order valence-electron chi connectivity index (χ3n) is 2.28. The molecule has 6 nitrogen and oxygen atoms in total. The van der Waals surface area contributed by atoms with Crippen molar-refractivity contribution in [2.45, 2.75) is 32.2 Å². The fourth-order valence-corrected chi connectivity index (χ4v) is 1.12. The first-order chi connectivity index (χ1) is 8.68. The Morgan fingerprint density at radius 1 is 1.06 bits per heavy atom. The number of hydrogen-bond donors (Lipinski definition) is 2. The summed E-state index contributed by atoms with van der Waals surface area (Å²) in [6.07, 6.45) is 2.52. The van der Waals surface area contributed by atoms with Crippen molar-refractivity contribution in [3.8, 4) is 0 Å². The summed E-state index contributed by atoms with van der Waals surface area (Å²) < 4.78 is 15.8. The van der Waals surface area contributed by atoms with Crippen LogP contribution in [0.4, 0.5) is 0 Å². The number of carboxylic acids is 1. The van der Waals surface area contributed by atoms with E-state index in [4.69, 9.17) is 25.1 Å². The zero-order valence-corrected chi connectivity index (χ0v) is 11.1. The van der Waals surface area contributed by atoms with Gasteiger partial charge in [0.1, 0.15) is 6.04 Å². The molecule has 6 heteroatoms. The highest BCUT2D eigenvalue weighted by molar-refractivity contribution is 5.72. The molecule has 0 aliphatic carbocycles. The summed E-state index contributed by atoms with van der Waals surface area (Å²) in [5, 5.41) is 8.52. The highest BCUT2D eigenvalue weighted by Crippen LogP contribution is 1.90. The van der Waals surface area contributed by atoms with Gasteiger partial charge in [-0.25, -0.2) is 0 Å². The fourth-order valence-electron chi connectivity index (χ4n) is 1.12. The number of nitrogens with two attached hydrogens (primary N) is 1. The average molecular weight is 263 g/mol. The van der Waals surface area contributed by atoms with Gasteiger partial charge in [-0.2, -0.15) is 0 Å². The number of aliphatic carboxylic acids is 1. The van der Waals surface area contributed by atoms with Crippen LogP contribution < -0.4 is 5.73 Å². The first kappa shape index (κ1) is 17.3. The second-order valence-corrected chi connectivity index (χ2v) is 3.92. The largest absolute Gasteiger partial charge is 0.480 e. The summed E-state index contributed by atoms with van der Waals surface area (Å²) in [7, 11) is 0. The molecule has 0 saturated heterocycles. The third-order valence-corrected chi connectivity index (χ3v) is 2.28. The molecular formula is C12H25NO5. The third kappa shape index (κ3) is 11.8. The molecule has 0 fully saturated rings. The quantitative estimate of drug-likeness (QED) is 0.474. The van der Waals surface area contributed by atoms with E-state index in [2.05, 4.69) is 6.92 Å². The number of carbonyl (C=O) groups is 1. The van der Waals surface area contributed by atoms with Crippen LogP contribution >= 0.6 is 0 Å². The van der Waals surface area contributed by atoms with Gasteiger partial charge in [-0.05, 0) is 12.8 Å². The SMILES string of the molecule is CCCCOCCOCCOCC[C@H](N)C(=O)O. The van der Waals surface area contributed by atoms with E-state index in [1.807, 2.05) is 0 Å². The van der Waals surface area contributed by atoms with Crippen molar-refractivity contribution < 1.29 is 24.1 Å². The Labute approximate surface area is 108 Å². The van der Waals surface area contributed by atoms with Crippen LogP contribution in [0, 0.1) is 0 Å². The molecule has 0 aromatic rings. The van der Waals surface area contributed by atoms with E-state index in [-0.39, 0.29) is 0 Å². The minimum atomic E-state index is -1.00. The standard InChI is InChI=1S/C12H25NO5/c1-2-3-5-16-7-9-18-10-8-17-6-4-11(13)12(14)15/h11H,2-10,13H2,1H3,(H,14,15)/t11-/m0/s1. The second kappa shape index (κ2) is 12.8. The molecule has 0 rings (SSSR count). The van der Waals surface area contributed by atoms with Crippen molar-refractivity contribution in [3.05, 3.63) is 0 Å². The Balaban J connectivity index is 3.05. The van der Waals surface area contributed by atoms with Crippen LogP contribution in [0.15, 0.2) is 0 Å². The summed E-state index contributed by atoms with van der Waals surface area (Å²) in [6, 6.07) is -0.849. The maximum atomic E-state index is 10.4. The smallest absolute Gasteiger partial charge is 0.320 e. The number of ether oxygens (including phenoxy) is 3. The second-order valence-electron chi connectivity index (χ2n) is 3.92. The molecule has 108 valence electrons. The van der Waals surface area contributed by atoms with Gasteiger partial charge in [0.15, 0.2) is 0 Å². The molecule has 0 aliphatic rings. The predicted octanol–water partition coefficient (Wildman–Crippen LogP) is 0.638. The Morgan fingerprint density at radius 2 is 1.56 bits per heavy atom. The van der Waals surface area contributed by atoms with Crippen LogP contribution in [0.3, 0.4) is 0 Å². The van der Waals surface area contributed by atoms with E-state index in [0.29, 0.717) is 39.5 Å². The Morgan fingerprint density at radius 3 is 2.06 bits per heavy atom. The first-order valence-corrected chi connectivity index (χ1v) is 6.40. The van der Waals surface area contributed by atoms with Crippen molar-refractivity contribution in [1.82, 2.24) is 0 Å². The van der Waals surface area contributed by atoms with Gasteiger partial charge in [-0.15, -0.1) is 0 Å². The predicted molar refractivity (Wildman–Crippen MR) is 67.6 cm³/mol. The van der Waals surface area contributed by atoms with Crippen molar-refractivity contribution >= 4 is 5.97 Å². The van der Waals surface area contributed by atoms with E-state index in [1.54, 1.807) is 0 Å². The molecule has 0 heterocycles. The monoisotopic (exact) mass is 263 g/mol. The Kier molecular flexibility index (Phi) is 12.3. The summed E-state index contributed by atoms with van der Waals surface area (Å²) >= 11 is 0. The molecule has 0 radical (unpaired) electrons. The molecule has 0 aromatic carbocycles. The molecule has 0 amide bonds. The van der Waals surface area contributed by atoms with E-state index in [9.17, 15) is 4.79 Å². The van der Waals surface area contributed by atoms with Gasteiger partial charge in [0.25, 0.3) is 0 Å². The van der Waals surface area contributed by atoms with E-state index < -0.39 is 12.0 Å². The molecule has 18 heavy (non-hydrogen) atoms. The molecule has 3 N–H and O–H groups in total. The van der Waals surface area contributed by atoms with Gasteiger partial charge in [0.2, 0.25) is 0 Å². The summed E-state index contributed by atoms with van der Waals surface area (Å²) in [5.41, 5.74) is 5.31. The summed E-state index contributed by atoms with van der Waals surface area (Å²) in [5.74, 6) is -1.00. The van der Waals surface area contributed by atoms with E-state index in [1.165, 1.54) is 0 Å². The lowest BCUT2D eigenvalue weighted by Crippen LogP contribution is -2.31. The maximum Gasteiger partial charge on any atom is 0.320 e. The van der Waals surface area contributed by atoms with Crippen LogP contribution in [-0.4, -0.2) is 56.8 Å². The normalized spacial score (nSPS) is 12.6. The summed E-state index contributed by atoms with van der Waals surface area (Å²) in [6.45, 7) is 5.33. The lowest BCUT2D eigenvalue weighted by molar-refractivity contribution is -0.139. The molecule has 0 bridgehead atoms. The topological polar surface area (TPSA) is 91.0 Å². The molecule has 0 unspecified atom stereocenters. The molecule has 1 atom stereocenters. The maximum absolute atomic E-state index is 10.4. The highest BCUT2D eigenvalue weighted by Gasteiger charge is 2.09. The zero-order chi connectivity index (χ0) is 13.6. The Hall–Kier alpha value is -0.690. The minimum Gasteiger partial charge on any atom is -0.480 e. The number of hydrogen-bond acceptors (Lipinski definition) is 5. The van der Waals surface area contributed by atoms with Gasteiger partial charge < -0.3 is 25.1 Å². The van der Waals surface area contributed by atoms with Crippen LogP contribution in [0.25, 0.3) is 0 Å². The van der Waals surface area contributed by atoms with Gasteiger partial charge in [-0.3, -0.25) is 4.79 Å². The Bertz CT molecular complexity index is 201. The number of carboxylic acid groups (broad SMARTS) is 1. The lowest BCUT2D eigenvalue weighted by atomic mass is 10.2. The average Bonchev–Trinajstić information content (AvgIpc) is 2.35. The first-order valence-electron chi connectivity index (χ1n) is 6.40. The molecule has 0 aromatic heterocycles. The van der Waals surface area contributed by atoms with Crippen molar-refractivity contribution in [2.75, 3.05) is 39.6 Å². The molecular weight excluding hydrogens is 238 g/mol. The molecule has 0 saturated carbocycles. The van der Waals surface area contributed by atoms with E-state index >= 15 is 0 Å². The van der Waals surface area contributed by atoms with E-state index in [0.717, 1.165) is 19.4 Å². The van der Waals surface area contributed by atoms with Gasteiger partial charge >= 0.3 is 5.97 Å². The van der Waals surface area contributed by atoms with Crippen LogP contribution in [0.5, 0.6) is 0 Å². The van der Waals surface area contributed by atoms with Gasteiger partial charge in [0.05, 0.1) is 26.4 Å². The number of unbranched alkanes of at least 4 members (excludes halogenated alkanes) is 1. The van der Waals surface area contributed by atoms with Crippen molar-refractivity contribution in [3.63, 3.8) is 0 Å². The highest BCUT2D eigenvalue weighted by atomic mass is 16.5. The fraction of sp³-hybridized carbons (Fsp3) is 0.917. The summed E-state index contributed by atoms with van der Waals surface area (Å²) in [4.78, 5) is 10.4.